The Hall–Kier alpha value is -2.55. The van der Waals surface area contributed by atoms with Crippen molar-refractivity contribution in [1.82, 2.24) is 10.2 Å². The molecule has 0 bridgehead atoms. The number of hydrogen-bond acceptors (Lipinski definition) is 5. The fraction of sp³-hybridized carbons (Fsp3) is 0.320. The largest absolute Gasteiger partial charge is 0.490 e. The summed E-state index contributed by atoms with van der Waals surface area (Å²) in [7, 11) is 0. The number of ether oxygens (including phenoxy) is 2. The summed E-state index contributed by atoms with van der Waals surface area (Å²) in [5.74, 6) is -0.404. The van der Waals surface area contributed by atoms with Gasteiger partial charge in [-0.2, -0.15) is 0 Å². The number of urea groups is 1. The molecule has 1 aliphatic heterocycles. The van der Waals surface area contributed by atoms with E-state index in [4.69, 9.17) is 32.7 Å². The van der Waals surface area contributed by atoms with Crippen LogP contribution in [0.25, 0.3) is 6.08 Å². The van der Waals surface area contributed by atoms with E-state index in [-0.39, 0.29) is 18.2 Å². The van der Waals surface area contributed by atoms with Gasteiger partial charge in [0.15, 0.2) is 11.5 Å². The maximum atomic E-state index is 13.1. The predicted octanol–water partition coefficient (Wildman–Crippen LogP) is 6.14. The van der Waals surface area contributed by atoms with Gasteiger partial charge < -0.3 is 9.47 Å². The quantitative estimate of drug-likeness (QED) is 0.314. The molecule has 0 unspecified atom stereocenters. The van der Waals surface area contributed by atoms with Crippen molar-refractivity contribution < 1.29 is 23.9 Å². The number of rotatable bonds is 7. The Morgan fingerprint density at radius 3 is 2.46 bits per heavy atom. The van der Waals surface area contributed by atoms with Crippen molar-refractivity contribution in [1.29, 1.82) is 0 Å². The summed E-state index contributed by atoms with van der Waals surface area (Å²) in [6.45, 7) is 2.44. The minimum absolute atomic E-state index is 0.107. The van der Waals surface area contributed by atoms with Gasteiger partial charge >= 0.3 is 6.03 Å². The molecule has 0 aromatic heterocycles. The molecule has 0 radical (unpaired) electrons. The predicted molar refractivity (Wildman–Crippen MR) is 137 cm³/mol. The van der Waals surface area contributed by atoms with Gasteiger partial charge in [-0.1, -0.05) is 58.0 Å². The van der Waals surface area contributed by atoms with Crippen LogP contribution in [0.1, 0.15) is 43.7 Å². The number of nitrogens with zero attached hydrogens (tertiary/aromatic N) is 1. The third-order valence-corrected chi connectivity index (χ3v) is 7.29. The summed E-state index contributed by atoms with van der Waals surface area (Å²) in [4.78, 5) is 39.2. The number of carbonyl (C=O) groups is 3. The molecule has 4 rings (SSSR count). The lowest BCUT2D eigenvalue weighted by molar-refractivity contribution is -0.131. The second kappa shape index (κ2) is 11.0. The highest BCUT2D eigenvalue weighted by atomic mass is 79.9. The first-order valence-corrected chi connectivity index (χ1v) is 12.8. The highest BCUT2D eigenvalue weighted by Gasteiger charge is 2.40. The highest BCUT2D eigenvalue weighted by molar-refractivity contribution is 9.10. The molecule has 1 saturated heterocycles. The lowest BCUT2D eigenvalue weighted by Gasteiger charge is -2.31. The van der Waals surface area contributed by atoms with Crippen molar-refractivity contribution in [3.63, 3.8) is 0 Å². The first kappa shape index (κ1) is 25.5. The Morgan fingerprint density at radius 1 is 1.06 bits per heavy atom. The van der Waals surface area contributed by atoms with Crippen LogP contribution < -0.4 is 14.8 Å². The van der Waals surface area contributed by atoms with Crippen LogP contribution in [-0.2, 0) is 16.2 Å². The van der Waals surface area contributed by atoms with E-state index in [1.54, 1.807) is 24.3 Å². The van der Waals surface area contributed by atoms with Gasteiger partial charge in [-0.3, -0.25) is 19.8 Å². The zero-order chi connectivity index (χ0) is 25.1. The van der Waals surface area contributed by atoms with Crippen molar-refractivity contribution in [2.75, 3.05) is 6.61 Å². The molecule has 35 heavy (non-hydrogen) atoms. The van der Waals surface area contributed by atoms with Gasteiger partial charge in [-0.05, 0) is 61.2 Å². The second-order valence-electron chi connectivity index (χ2n) is 8.22. The van der Waals surface area contributed by atoms with E-state index in [9.17, 15) is 14.4 Å². The van der Waals surface area contributed by atoms with Gasteiger partial charge in [0, 0.05) is 10.5 Å². The van der Waals surface area contributed by atoms with Crippen LogP contribution in [0.15, 0.2) is 40.4 Å². The van der Waals surface area contributed by atoms with Gasteiger partial charge in [-0.15, -0.1) is 0 Å². The average Bonchev–Trinajstić information content (AvgIpc) is 3.34. The third kappa shape index (κ3) is 5.66. The summed E-state index contributed by atoms with van der Waals surface area (Å²) in [5, 5.41) is 3.18. The number of barbiturate groups is 1. The SMILES string of the molecule is CCOc1cc(/C=C2\C(=O)NC(=O)N(C3CCCC3)C2=O)c(Br)cc1OCc1ccc(Cl)c(Cl)c1. The van der Waals surface area contributed by atoms with E-state index in [1.165, 1.54) is 11.0 Å². The summed E-state index contributed by atoms with van der Waals surface area (Å²) in [5.41, 5.74) is 1.25. The molecule has 2 aromatic carbocycles. The summed E-state index contributed by atoms with van der Waals surface area (Å²) < 4.78 is 12.3. The molecule has 2 aliphatic rings. The third-order valence-electron chi connectivity index (χ3n) is 5.86. The average molecular weight is 582 g/mol. The minimum Gasteiger partial charge on any atom is -0.490 e. The van der Waals surface area contributed by atoms with Crippen molar-refractivity contribution in [3.05, 3.63) is 61.5 Å². The fourth-order valence-electron chi connectivity index (χ4n) is 4.15. The van der Waals surface area contributed by atoms with Crippen LogP contribution in [0, 0.1) is 0 Å². The molecule has 0 atom stereocenters. The Morgan fingerprint density at radius 2 is 1.77 bits per heavy atom. The number of amides is 4. The van der Waals surface area contributed by atoms with Crippen LogP contribution in [0.4, 0.5) is 4.79 Å². The van der Waals surface area contributed by atoms with Crippen molar-refractivity contribution in [2.24, 2.45) is 0 Å². The normalized spacial score (nSPS) is 17.8. The smallest absolute Gasteiger partial charge is 0.331 e. The number of halogens is 3. The van der Waals surface area contributed by atoms with E-state index < -0.39 is 17.8 Å². The van der Waals surface area contributed by atoms with E-state index in [1.807, 2.05) is 13.0 Å². The lowest BCUT2D eigenvalue weighted by atomic mass is 10.0. The zero-order valence-corrected chi connectivity index (χ0v) is 22.0. The molecule has 1 saturated carbocycles. The van der Waals surface area contributed by atoms with E-state index >= 15 is 0 Å². The Labute approximate surface area is 221 Å². The van der Waals surface area contributed by atoms with Crippen molar-refractivity contribution >= 4 is 63.1 Å². The van der Waals surface area contributed by atoms with Crippen LogP contribution >= 0.6 is 39.1 Å². The molecule has 1 heterocycles. The number of carbonyl (C=O) groups excluding carboxylic acids is 3. The molecule has 10 heteroatoms. The maximum absolute atomic E-state index is 13.1. The summed E-state index contributed by atoms with van der Waals surface area (Å²) in [6.07, 6.45) is 4.83. The van der Waals surface area contributed by atoms with E-state index in [2.05, 4.69) is 21.2 Å². The highest BCUT2D eigenvalue weighted by Crippen LogP contribution is 2.36. The molecule has 1 N–H and O–H groups in total. The number of imide groups is 2. The zero-order valence-electron chi connectivity index (χ0n) is 18.9. The first-order chi connectivity index (χ1) is 16.8. The molecule has 2 fully saturated rings. The molecule has 7 nitrogen and oxygen atoms in total. The monoisotopic (exact) mass is 580 g/mol. The van der Waals surface area contributed by atoms with Crippen LogP contribution in [0.3, 0.4) is 0 Å². The van der Waals surface area contributed by atoms with Gasteiger partial charge in [-0.25, -0.2) is 4.79 Å². The Balaban J connectivity index is 1.62. The van der Waals surface area contributed by atoms with E-state index in [0.717, 1.165) is 31.2 Å². The van der Waals surface area contributed by atoms with Crippen LogP contribution in [0.5, 0.6) is 11.5 Å². The molecule has 0 spiro atoms. The maximum Gasteiger partial charge on any atom is 0.331 e. The lowest BCUT2D eigenvalue weighted by Crippen LogP contribution is -2.57. The van der Waals surface area contributed by atoms with Gasteiger partial charge in [0.05, 0.1) is 16.7 Å². The summed E-state index contributed by atoms with van der Waals surface area (Å²) >= 11 is 15.6. The van der Waals surface area contributed by atoms with Crippen LogP contribution in [0.2, 0.25) is 10.0 Å². The second-order valence-corrected chi connectivity index (χ2v) is 9.89. The number of hydrogen-bond donors (Lipinski definition) is 1. The first-order valence-electron chi connectivity index (χ1n) is 11.2. The Bertz CT molecular complexity index is 1210. The van der Waals surface area contributed by atoms with Crippen LogP contribution in [-0.4, -0.2) is 35.4 Å². The molecule has 2 aromatic rings. The molecule has 1 aliphatic carbocycles. The van der Waals surface area contributed by atoms with Gasteiger partial charge in [0.2, 0.25) is 0 Å². The number of benzene rings is 2. The fourth-order valence-corrected chi connectivity index (χ4v) is 4.91. The molecular weight excluding hydrogens is 559 g/mol. The molecule has 4 amide bonds. The van der Waals surface area contributed by atoms with Gasteiger partial charge in [0.25, 0.3) is 11.8 Å². The van der Waals surface area contributed by atoms with Gasteiger partial charge in [0.1, 0.15) is 12.2 Å². The number of nitrogens with one attached hydrogen (secondary N) is 1. The summed E-state index contributed by atoms with van der Waals surface area (Å²) in [6, 6.07) is 7.77. The standard InChI is InChI=1S/C25H23BrCl2N2O5/c1-2-34-21-11-15(18(26)12-22(21)35-13-14-7-8-19(27)20(28)9-14)10-17-23(31)29-25(33)30(24(17)32)16-5-3-4-6-16/h7-12,16H,2-6,13H2,1H3,(H,29,31,33)/b17-10+. The topological polar surface area (TPSA) is 84.9 Å². The Kier molecular flexibility index (Phi) is 8.04. The molecule has 184 valence electrons. The molecular formula is C25H23BrCl2N2O5. The minimum atomic E-state index is -0.723. The van der Waals surface area contributed by atoms with Crippen molar-refractivity contribution in [2.45, 2.75) is 45.3 Å². The van der Waals surface area contributed by atoms with Crippen molar-refractivity contribution in [3.8, 4) is 11.5 Å². The van der Waals surface area contributed by atoms with E-state index in [0.29, 0.717) is 38.2 Å².